The van der Waals surface area contributed by atoms with Crippen LogP contribution in [0.2, 0.25) is 0 Å². The molecule has 0 spiro atoms. The van der Waals surface area contributed by atoms with Gasteiger partial charge in [-0.05, 0) is 44.1 Å². The van der Waals surface area contributed by atoms with E-state index >= 15 is 0 Å². The topological polar surface area (TPSA) is 72.6 Å². The summed E-state index contributed by atoms with van der Waals surface area (Å²) >= 11 is 0. The number of amides is 2. The molecule has 0 saturated carbocycles. The Labute approximate surface area is 155 Å². The smallest absolute Gasteiger partial charge is 0.246 e. The number of primary amides is 1. The number of hydrogen-bond acceptors (Lipinski definition) is 3. The molecule has 1 aromatic carbocycles. The van der Waals surface area contributed by atoms with E-state index in [1.165, 1.54) is 5.56 Å². The fraction of sp³-hybridized carbons (Fsp3) is 0.524. The maximum atomic E-state index is 12.4. The van der Waals surface area contributed by atoms with Gasteiger partial charge in [-0.15, -0.1) is 0 Å². The number of carbonyl (C=O) groups is 2. The zero-order chi connectivity index (χ0) is 18.5. The number of aryl methyl sites for hydroxylation is 1. The molecule has 0 aliphatic carbocycles. The molecule has 140 valence electrons. The summed E-state index contributed by atoms with van der Waals surface area (Å²) < 4.78 is 5.79. The van der Waals surface area contributed by atoms with Gasteiger partial charge in [-0.3, -0.25) is 9.59 Å². The first-order chi connectivity index (χ1) is 12.5. The second-order valence-electron chi connectivity index (χ2n) is 7.38. The fourth-order valence-electron chi connectivity index (χ4n) is 3.84. The summed E-state index contributed by atoms with van der Waals surface area (Å²) in [6, 6.07) is 8.26. The number of nitrogens with zero attached hydrogens (tertiary/aromatic N) is 1. The van der Waals surface area contributed by atoms with Gasteiger partial charge in [0.15, 0.2) is 0 Å². The van der Waals surface area contributed by atoms with Gasteiger partial charge in [0.05, 0.1) is 6.10 Å². The number of benzene rings is 1. The zero-order valence-corrected chi connectivity index (χ0v) is 15.4. The minimum atomic E-state index is -0.424. The second kappa shape index (κ2) is 8.49. The first-order valence-electron chi connectivity index (χ1n) is 9.48. The van der Waals surface area contributed by atoms with Gasteiger partial charge in [0.1, 0.15) is 6.10 Å². The third-order valence-electron chi connectivity index (χ3n) is 5.47. The third kappa shape index (κ3) is 4.73. The Bertz CT molecular complexity index is 660. The van der Waals surface area contributed by atoms with Crippen LogP contribution in [0.4, 0.5) is 0 Å². The number of carbonyl (C=O) groups excluding carboxylic acids is 2. The Morgan fingerprint density at radius 1 is 1.15 bits per heavy atom. The lowest BCUT2D eigenvalue weighted by Crippen LogP contribution is -2.41. The van der Waals surface area contributed by atoms with Crippen LogP contribution in [-0.4, -0.2) is 42.0 Å². The lowest BCUT2D eigenvalue weighted by molar-refractivity contribution is -0.133. The van der Waals surface area contributed by atoms with Crippen LogP contribution < -0.4 is 5.73 Å². The molecule has 1 aromatic rings. The average Bonchev–Trinajstić information content (AvgIpc) is 3.14. The standard InChI is InChI=1S/C21H28N2O3/c1-15-5-7-16(8-6-15)3-2-4-20(24)23-13-11-17(12-14-23)18-9-10-19(26-18)21(22)25/h2-3,5-8,17-19H,4,9-14H2,1H3,(H2,22,25)/b3-2+/t18-,19+/m0/s1. The van der Waals surface area contributed by atoms with Crippen LogP contribution >= 0.6 is 0 Å². The normalized spacial score (nSPS) is 24.3. The van der Waals surface area contributed by atoms with Crippen molar-refractivity contribution in [2.75, 3.05) is 13.1 Å². The number of hydrogen-bond donors (Lipinski definition) is 1. The average molecular weight is 356 g/mol. The van der Waals surface area contributed by atoms with Gasteiger partial charge in [0, 0.05) is 19.5 Å². The monoisotopic (exact) mass is 356 g/mol. The summed E-state index contributed by atoms with van der Waals surface area (Å²) in [5.41, 5.74) is 7.67. The molecule has 2 N–H and O–H groups in total. The molecule has 2 heterocycles. The van der Waals surface area contributed by atoms with Crippen LogP contribution in [0, 0.1) is 12.8 Å². The van der Waals surface area contributed by atoms with Crippen molar-refractivity contribution < 1.29 is 14.3 Å². The molecule has 2 amide bonds. The molecule has 0 radical (unpaired) electrons. The van der Waals surface area contributed by atoms with Crippen molar-refractivity contribution >= 4 is 17.9 Å². The highest BCUT2D eigenvalue weighted by Gasteiger charge is 2.36. The number of nitrogens with two attached hydrogens (primary N) is 1. The van der Waals surface area contributed by atoms with E-state index in [1.54, 1.807) is 0 Å². The first kappa shape index (κ1) is 18.6. The number of ether oxygens (including phenoxy) is 1. The molecule has 2 aliphatic heterocycles. The fourth-order valence-corrected chi connectivity index (χ4v) is 3.84. The van der Waals surface area contributed by atoms with E-state index in [-0.39, 0.29) is 17.9 Å². The van der Waals surface area contributed by atoms with E-state index in [0.29, 0.717) is 12.3 Å². The van der Waals surface area contributed by atoms with Crippen molar-refractivity contribution in [3.8, 4) is 0 Å². The van der Waals surface area contributed by atoms with Crippen LogP contribution in [0.3, 0.4) is 0 Å². The van der Waals surface area contributed by atoms with Crippen LogP contribution in [0.25, 0.3) is 6.08 Å². The molecule has 26 heavy (non-hydrogen) atoms. The first-order valence-corrected chi connectivity index (χ1v) is 9.48. The highest BCUT2D eigenvalue weighted by atomic mass is 16.5. The summed E-state index contributed by atoms with van der Waals surface area (Å²) in [6.45, 7) is 3.59. The molecular formula is C21H28N2O3. The summed E-state index contributed by atoms with van der Waals surface area (Å²) in [6.07, 6.45) is 7.55. The van der Waals surface area contributed by atoms with Crippen molar-refractivity contribution in [3.63, 3.8) is 0 Å². The van der Waals surface area contributed by atoms with E-state index in [9.17, 15) is 9.59 Å². The Balaban J connectivity index is 1.42. The molecule has 2 aliphatic rings. The van der Waals surface area contributed by atoms with E-state index in [4.69, 9.17) is 10.5 Å². The number of piperidine rings is 1. The second-order valence-corrected chi connectivity index (χ2v) is 7.38. The highest BCUT2D eigenvalue weighted by Crippen LogP contribution is 2.31. The molecule has 5 heteroatoms. The van der Waals surface area contributed by atoms with Crippen LogP contribution in [0.1, 0.15) is 43.2 Å². The molecule has 2 atom stereocenters. The van der Waals surface area contributed by atoms with Crippen LogP contribution in [0.15, 0.2) is 30.3 Å². The lowest BCUT2D eigenvalue weighted by Gasteiger charge is -2.34. The van der Waals surface area contributed by atoms with E-state index < -0.39 is 6.10 Å². The van der Waals surface area contributed by atoms with E-state index in [2.05, 4.69) is 31.2 Å². The van der Waals surface area contributed by atoms with Crippen molar-refractivity contribution in [2.24, 2.45) is 11.7 Å². The lowest BCUT2D eigenvalue weighted by atomic mass is 9.89. The zero-order valence-electron chi connectivity index (χ0n) is 15.4. The Hall–Kier alpha value is -2.14. The Morgan fingerprint density at radius 2 is 1.85 bits per heavy atom. The minimum Gasteiger partial charge on any atom is -0.367 e. The molecule has 0 aromatic heterocycles. The van der Waals surface area contributed by atoms with Gasteiger partial charge < -0.3 is 15.4 Å². The molecular weight excluding hydrogens is 328 g/mol. The van der Waals surface area contributed by atoms with Crippen LogP contribution in [-0.2, 0) is 14.3 Å². The maximum Gasteiger partial charge on any atom is 0.246 e. The summed E-state index contributed by atoms with van der Waals surface area (Å²) in [5, 5.41) is 0. The molecule has 2 saturated heterocycles. The van der Waals surface area contributed by atoms with Crippen molar-refractivity contribution in [2.45, 2.75) is 51.2 Å². The SMILES string of the molecule is Cc1ccc(/C=C/CC(=O)N2CCC([C@@H]3CC[C@H](C(N)=O)O3)CC2)cc1. The van der Waals surface area contributed by atoms with Crippen LogP contribution in [0.5, 0.6) is 0 Å². The predicted molar refractivity (Wildman–Crippen MR) is 101 cm³/mol. The minimum absolute atomic E-state index is 0.117. The van der Waals surface area contributed by atoms with Gasteiger partial charge >= 0.3 is 0 Å². The third-order valence-corrected chi connectivity index (χ3v) is 5.47. The summed E-state index contributed by atoms with van der Waals surface area (Å²) in [7, 11) is 0. The van der Waals surface area contributed by atoms with Crippen molar-refractivity contribution in [1.29, 1.82) is 0 Å². The van der Waals surface area contributed by atoms with Gasteiger partial charge in [0.2, 0.25) is 11.8 Å². The molecule has 5 nitrogen and oxygen atoms in total. The summed E-state index contributed by atoms with van der Waals surface area (Å²) in [5.74, 6) is 0.237. The van der Waals surface area contributed by atoms with Crippen molar-refractivity contribution in [1.82, 2.24) is 4.90 Å². The molecule has 0 bridgehead atoms. The number of rotatable bonds is 5. The number of likely N-dealkylation sites (tertiary alicyclic amines) is 1. The quantitative estimate of drug-likeness (QED) is 0.881. The van der Waals surface area contributed by atoms with E-state index in [0.717, 1.165) is 44.3 Å². The van der Waals surface area contributed by atoms with E-state index in [1.807, 2.05) is 17.1 Å². The Morgan fingerprint density at radius 3 is 2.46 bits per heavy atom. The molecule has 2 fully saturated rings. The summed E-state index contributed by atoms with van der Waals surface area (Å²) in [4.78, 5) is 25.6. The van der Waals surface area contributed by atoms with Crippen molar-refractivity contribution in [3.05, 3.63) is 41.5 Å². The Kier molecular flexibility index (Phi) is 6.09. The van der Waals surface area contributed by atoms with Gasteiger partial charge in [-0.1, -0.05) is 42.0 Å². The van der Waals surface area contributed by atoms with Gasteiger partial charge in [-0.25, -0.2) is 0 Å². The highest BCUT2D eigenvalue weighted by molar-refractivity contribution is 5.79. The molecule has 3 rings (SSSR count). The molecule has 0 unspecified atom stereocenters. The largest absolute Gasteiger partial charge is 0.367 e. The predicted octanol–water partition coefficient (Wildman–Crippen LogP) is 2.67. The maximum absolute atomic E-state index is 12.4. The van der Waals surface area contributed by atoms with Gasteiger partial charge in [-0.2, -0.15) is 0 Å². The van der Waals surface area contributed by atoms with Gasteiger partial charge in [0.25, 0.3) is 0 Å².